The first-order valence-corrected chi connectivity index (χ1v) is 8.73. The second kappa shape index (κ2) is 7.23. The van der Waals surface area contributed by atoms with E-state index in [1.54, 1.807) is 36.7 Å². The third-order valence-corrected chi connectivity index (χ3v) is 4.57. The lowest BCUT2D eigenvalue weighted by atomic mass is 9.95. The van der Waals surface area contributed by atoms with Gasteiger partial charge in [0.05, 0.1) is 6.04 Å². The highest BCUT2D eigenvalue weighted by atomic mass is 19.1. The second-order valence-electron chi connectivity index (χ2n) is 6.54. The summed E-state index contributed by atoms with van der Waals surface area (Å²) < 4.78 is 28.0. The number of nitrogens with zero attached hydrogens (tertiary/aromatic N) is 2. The Hall–Kier alpha value is -3.54. The SMILES string of the molecule is Cc1ccc(NC(c2ccc(F)cc2F)c2ccc3cccnc3c2O)nc1. The maximum absolute atomic E-state index is 14.6. The fourth-order valence-electron chi connectivity index (χ4n) is 3.14. The number of hydrogen-bond donors (Lipinski definition) is 2. The van der Waals surface area contributed by atoms with Crippen molar-refractivity contribution < 1.29 is 13.9 Å². The average Bonchev–Trinajstić information content (AvgIpc) is 2.69. The summed E-state index contributed by atoms with van der Waals surface area (Å²) in [6.07, 6.45) is 3.26. The van der Waals surface area contributed by atoms with Gasteiger partial charge < -0.3 is 10.4 Å². The van der Waals surface area contributed by atoms with Gasteiger partial charge in [-0.25, -0.2) is 13.8 Å². The Labute approximate surface area is 160 Å². The minimum Gasteiger partial charge on any atom is -0.505 e. The van der Waals surface area contributed by atoms with Crippen molar-refractivity contribution in [2.75, 3.05) is 5.32 Å². The summed E-state index contributed by atoms with van der Waals surface area (Å²) in [6, 6.07) is 13.3. The fourth-order valence-corrected chi connectivity index (χ4v) is 3.14. The number of aryl methyl sites for hydroxylation is 1. The molecule has 2 heterocycles. The molecule has 1 atom stereocenters. The largest absolute Gasteiger partial charge is 0.505 e. The highest BCUT2D eigenvalue weighted by molar-refractivity contribution is 5.86. The minimum atomic E-state index is -0.790. The molecule has 2 aromatic heterocycles. The maximum atomic E-state index is 14.6. The molecule has 4 aromatic rings. The van der Waals surface area contributed by atoms with Crippen LogP contribution in [0.1, 0.15) is 22.7 Å². The smallest absolute Gasteiger partial charge is 0.147 e. The Morgan fingerprint density at radius 2 is 1.79 bits per heavy atom. The van der Waals surface area contributed by atoms with Crippen molar-refractivity contribution in [1.29, 1.82) is 0 Å². The number of aromatic hydroxyl groups is 1. The van der Waals surface area contributed by atoms with E-state index in [2.05, 4.69) is 15.3 Å². The molecule has 0 fully saturated rings. The van der Waals surface area contributed by atoms with Crippen molar-refractivity contribution in [3.63, 3.8) is 0 Å². The summed E-state index contributed by atoms with van der Waals surface area (Å²) in [5, 5.41) is 14.7. The predicted molar refractivity (Wildman–Crippen MR) is 104 cm³/mol. The van der Waals surface area contributed by atoms with Crippen LogP contribution in [0.2, 0.25) is 0 Å². The van der Waals surface area contributed by atoms with Gasteiger partial charge >= 0.3 is 0 Å². The number of aromatic nitrogens is 2. The van der Waals surface area contributed by atoms with Crippen LogP contribution in [0.3, 0.4) is 0 Å². The molecule has 0 amide bonds. The molecule has 28 heavy (non-hydrogen) atoms. The lowest BCUT2D eigenvalue weighted by Gasteiger charge is -2.22. The van der Waals surface area contributed by atoms with Gasteiger partial charge in [0.25, 0.3) is 0 Å². The van der Waals surface area contributed by atoms with E-state index in [0.29, 0.717) is 16.9 Å². The summed E-state index contributed by atoms with van der Waals surface area (Å²) in [5.74, 6) is -0.950. The topological polar surface area (TPSA) is 58.0 Å². The van der Waals surface area contributed by atoms with Crippen LogP contribution in [0.4, 0.5) is 14.6 Å². The molecule has 0 bridgehead atoms. The van der Waals surface area contributed by atoms with E-state index in [-0.39, 0.29) is 11.3 Å². The number of benzene rings is 2. The first-order chi connectivity index (χ1) is 13.5. The van der Waals surface area contributed by atoms with Crippen LogP contribution in [0.25, 0.3) is 10.9 Å². The van der Waals surface area contributed by atoms with Crippen molar-refractivity contribution in [1.82, 2.24) is 9.97 Å². The van der Waals surface area contributed by atoms with E-state index in [4.69, 9.17) is 0 Å². The lowest BCUT2D eigenvalue weighted by Crippen LogP contribution is -2.15. The number of halogens is 2. The number of nitrogens with one attached hydrogen (secondary N) is 1. The molecule has 0 saturated heterocycles. The third-order valence-electron chi connectivity index (χ3n) is 4.57. The molecular weight excluding hydrogens is 360 g/mol. The molecule has 0 radical (unpaired) electrons. The number of phenolic OH excluding ortho intramolecular Hbond substituents is 1. The van der Waals surface area contributed by atoms with Crippen LogP contribution in [0.15, 0.2) is 67.0 Å². The molecule has 0 saturated carbocycles. The van der Waals surface area contributed by atoms with Gasteiger partial charge in [-0.15, -0.1) is 0 Å². The van der Waals surface area contributed by atoms with Gasteiger partial charge in [0, 0.05) is 35.0 Å². The summed E-state index contributed by atoms with van der Waals surface area (Å²) in [4.78, 5) is 8.53. The van der Waals surface area contributed by atoms with Gasteiger partial charge in [0.2, 0.25) is 0 Å². The van der Waals surface area contributed by atoms with Crippen molar-refractivity contribution in [3.05, 3.63) is 95.3 Å². The molecule has 0 aliphatic carbocycles. The van der Waals surface area contributed by atoms with Gasteiger partial charge in [-0.05, 0) is 30.7 Å². The van der Waals surface area contributed by atoms with E-state index in [9.17, 15) is 13.9 Å². The Balaban J connectivity index is 1.87. The van der Waals surface area contributed by atoms with Crippen LogP contribution in [-0.2, 0) is 0 Å². The molecule has 1 unspecified atom stereocenters. The zero-order chi connectivity index (χ0) is 19.7. The van der Waals surface area contributed by atoms with Gasteiger partial charge in [0.1, 0.15) is 28.7 Å². The van der Waals surface area contributed by atoms with Crippen LogP contribution in [0, 0.1) is 18.6 Å². The minimum absolute atomic E-state index is 0.0635. The first-order valence-electron chi connectivity index (χ1n) is 8.73. The zero-order valence-corrected chi connectivity index (χ0v) is 15.0. The Morgan fingerprint density at radius 1 is 0.964 bits per heavy atom. The Bertz CT molecular complexity index is 1150. The standard InChI is InChI=1S/C22H17F2N3O/c1-13-4-9-19(26-12-13)27-21(16-8-6-15(23)11-18(16)24)17-7-5-14-3-2-10-25-20(14)22(17)28/h2-12,21,28H,1H3,(H,26,27). The van der Waals surface area contributed by atoms with Crippen molar-refractivity contribution in [3.8, 4) is 5.75 Å². The molecule has 0 spiro atoms. The highest BCUT2D eigenvalue weighted by Crippen LogP contribution is 2.37. The van der Waals surface area contributed by atoms with Crippen molar-refractivity contribution >= 4 is 16.7 Å². The molecule has 4 rings (SSSR count). The Morgan fingerprint density at radius 3 is 2.54 bits per heavy atom. The van der Waals surface area contributed by atoms with E-state index >= 15 is 0 Å². The monoisotopic (exact) mass is 377 g/mol. The van der Waals surface area contributed by atoms with Crippen molar-refractivity contribution in [2.24, 2.45) is 0 Å². The number of pyridine rings is 2. The van der Waals surface area contributed by atoms with E-state index < -0.39 is 17.7 Å². The number of phenols is 1. The average molecular weight is 377 g/mol. The first kappa shape index (κ1) is 17.9. The maximum Gasteiger partial charge on any atom is 0.147 e. The quantitative estimate of drug-likeness (QED) is 0.518. The van der Waals surface area contributed by atoms with Crippen LogP contribution < -0.4 is 5.32 Å². The lowest BCUT2D eigenvalue weighted by molar-refractivity contribution is 0.470. The highest BCUT2D eigenvalue weighted by Gasteiger charge is 2.23. The van der Waals surface area contributed by atoms with Gasteiger partial charge in [-0.3, -0.25) is 4.98 Å². The summed E-state index contributed by atoms with van der Waals surface area (Å²) in [5.41, 5.74) is 1.99. The fraction of sp³-hybridized carbons (Fsp3) is 0.0909. The molecule has 2 aromatic carbocycles. The number of rotatable bonds is 4. The van der Waals surface area contributed by atoms with Crippen LogP contribution >= 0.6 is 0 Å². The Kier molecular flexibility index (Phi) is 4.61. The second-order valence-corrected chi connectivity index (χ2v) is 6.54. The molecule has 2 N–H and O–H groups in total. The third kappa shape index (κ3) is 3.36. The van der Waals surface area contributed by atoms with Gasteiger partial charge in [-0.1, -0.05) is 30.3 Å². The molecular formula is C22H17F2N3O. The summed E-state index contributed by atoms with van der Waals surface area (Å²) in [6.45, 7) is 1.91. The predicted octanol–water partition coefficient (Wildman–Crippen LogP) is 5.12. The number of anilines is 1. The van der Waals surface area contributed by atoms with Crippen molar-refractivity contribution in [2.45, 2.75) is 13.0 Å². The molecule has 4 nitrogen and oxygen atoms in total. The molecule has 6 heteroatoms. The molecule has 0 aliphatic heterocycles. The van der Waals surface area contributed by atoms with Crippen LogP contribution in [-0.4, -0.2) is 15.1 Å². The summed E-state index contributed by atoms with van der Waals surface area (Å²) in [7, 11) is 0. The van der Waals surface area contributed by atoms with E-state index in [0.717, 1.165) is 17.0 Å². The summed E-state index contributed by atoms with van der Waals surface area (Å²) >= 11 is 0. The zero-order valence-electron chi connectivity index (χ0n) is 15.0. The molecule has 0 aliphatic rings. The van der Waals surface area contributed by atoms with E-state index in [1.807, 2.05) is 19.1 Å². The van der Waals surface area contributed by atoms with Gasteiger partial charge in [0.15, 0.2) is 0 Å². The molecule has 140 valence electrons. The van der Waals surface area contributed by atoms with E-state index in [1.165, 1.54) is 12.1 Å². The van der Waals surface area contributed by atoms with Crippen LogP contribution in [0.5, 0.6) is 5.75 Å². The number of hydrogen-bond acceptors (Lipinski definition) is 4. The number of fused-ring (bicyclic) bond motifs is 1. The normalized spacial score (nSPS) is 12.1. The van der Waals surface area contributed by atoms with Gasteiger partial charge in [-0.2, -0.15) is 0 Å².